The first-order valence-electron chi connectivity index (χ1n) is 7.92. The standard InChI is InChI=1S/C16H19N5OS3/c1-4-5-17-14-19-20-16(25-14)24-9-13(22)12-8-10(2)21(11(12)3)15-18-6-7-23-15/h6-8H,4-5,9H2,1-3H3,(H,17,19). The van der Waals surface area contributed by atoms with Gasteiger partial charge in [-0.1, -0.05) is 30.0 Å². The third-order valence-corrected chi connectivity index (χ3v) is 6.37. The Labute approximate surface area is 158 Å². The number of aromatic nitrogens is 4. The number of thiazole rings is 1. The van der Waals surface area contributed by atoms with Gasteiger partial charge in [0.15, 0.2) is 15.3 Å². The van der Waals surface area contributed by atoms with Gasteiger partial charge in [-0.25, -0.2) is 4.98 Å². The van der Waals surface area contributed by atoms with Gasteiger partial charge in [-0.2, -0.15) is 0 Å². The van der Waals surface area contributed by atoms with E-state index < -0.39 is 0 Å². The van der Waals surface area contributed by atoms with Crippen LogP contribution < -0.4 is 5.32 Å². The van der Waals surface area contributed by atoms with Crippen molar-refractivity contribution in [1.29, 1.82) is 0 Å². The molecule has 9 heteroatoms. The molecule has 1 N–H and O–H groups in total. The van der Waals surface area contributed by atoms with Crippen molar-refractivity contribution in [2.24, 2.45) is 0 Å². The van der Waals surface area contributed by atoms with E-state index in [2.05, 4.69) is 27.4 Å². The molecule has 6 nitrogen and oxygen atoms in total. The highest BCUT2D eigenvalue weighted by Crippen LogP contribution is 2.28. The lowest BCUT2D eigenvalue weighted by molar-refractivity contribution is 0.102. The maximum absolute atomic E-state index is 12.6. The summed E-state index contributed by atoms with van der Waals surface area (Å²) in [6, 6.07) is 1.94. The molecular weight excluding hydrogens is 374 g/mol. The van der Waals surface area contributed by atoms with Crippen molar-refractivity contribution >= 4 is 45.4 Å². The van der Waals surface area contributed by atoms with Gasteiger partial charge in [0.05, 0.1) is 5.75 Å². The lowest BCUT2D eigenvalue weighted by atomic mass is 10.2. The van der Waals surface area contributed by atoms with Crippen molar-refractivity contribution in [1.82, 2.24) is 19.7 Å². The Morgan fingerprint density at radius 1 is 1.36 bits per heavy atom. The van der Waals surface area contributed by atoms with Crippen LogP contribution in [0.3, 0.4) is 0 Å². The normalized spacial score (nSPS) is 11.0. The van der Waals surface area contributed by atoms with Gasteiger partial charge in [0.25, 0.3) is 0 Å². The molecule has 3 aromatic rings. The highest BCUT2D eigenvalue weighted by atomic mass is 32.2. The Bertz CT molecular complexity index is 853. The average molecular weight is 394 g/mol. The van der Waals surface area contributed by atoms with Gasteiger partial charge in [0.2, 0.25) is 5.13 Å². The largest absolute Gasteiger partial charge is 0.360 e. The minimum Gasteiger partial charge on any atom is -0.360 e. The fraction of sp³-hybridized carbons (Fsp3) is 0.375. The lowest BCUT2D eigenvalue weighted by Gasteiger charge is -2.05. The maximum atomic E-state index is 12.6. The highest BCUT2D eigenvalue weighted by molar-refractivity contribution is 8.01. The summed E-state index contributed by atoms with van der Waals surface area (Å²) < 4.78 is 2.83. The van der Waals surface area contributed by atoms with Crippen LogP contribution in [-0.2, 0) is 0 Å². The van der Waals surface area contributed by atoms with Gasteiger partial charge in [0.1, 0.15) is 0 Å². The number of carbonyl (C=O) groups excluding carboxylic acids is 1. The summed E-state index contributed by atoms with van der Waals surface area (Å²) in [4.78, 5) is 17.0. The second kappa shape index (κ2) is 8.11. The first-order chi connectivity index (χ1) is 12.1. The summed E-state index contributed by atoms with van der Waals surface area (Å²) in [5.41, 5.74) is 2.69. The fourth-order valence-electron chi connectivity index (χ4n) is 2.44. The van der Waals surface area contributed by atoms with E-state index in [-0.39, 0.29) is 5.78 Å². The molecular formula is C16H19N5OS3. The van der Waals surface area contributed by atoms with Gasteiger partial charge in [0, 0.05) is 35.1 Å². The number of nitrogens with one attached hydrogen (secondary N) is 1. The summed E-state index contributed by atoms with van der Waals surface area (Å²) in [7, 11) is 0. The molecule has 0 amide bonds. The molecule has 0 fully saturated rings. The molecule has 3 heterocycles. The van der Waals surface area contributed by atoms with Crippen LogP contribution in [0.5, 0.6) is 0 Å². The van der Waals surface area contributed by atoms with Gasteiger partial charge in [-0.3, -0.25) is 9.36 Å². The second-order valence-electron chi connectivity index (χ2n) is 5.45. The van der Waals surface area contributed by atoms with E-state index in [0.29, 0.717) is 5.75 Å². The van der Waals surface area contributed by atoms with Crippen LogP contribution >= 0.6 is 34.4 Å². The Balaban J connectivity index is 1.68. The average Bonchev–Trinajstić information content (AvgIpc) is 3.32. The van der Waals surface area contributed by atoms with Crippen LogP contribution in [0.15, 0.2) is 22.0 Å². The number of ketones is 1. The van der Waals surface area contributed by atoms with Crippen LogP contribution in [0.1, 0.15) is 35.1 Å². The van der Waals surface area contributed by atoms with E-state index in [9.17, 15) is 4.79 Å². The highest BCUT2D eigenvalue weighted by Gasteiger charge is 2.18. The van der Waals surface area contributed by atoms with Crippen molar-refractivity contribution < 1.29 is 4.79 Å². The van der Waals surface area contributed by atoms with Crippen molar-refractivity contribution in [3.63, 3.8) is 0 Å². The predicted octanol–water partition coefficient (Wildman–Crippen LogP) is 4.20. The van der Waals surface area contributed by atoms with Crippen LogP contribution in [0.4, 0.5) is 5.13 Å². The quantitative estimate of drug-likeness (QED) is 0.457. The lowest BCUT2D eigenvalue weighted by Crippen LogP contribution is -2.05. The van der Waals surface area contributed by atoms with Crippen molar-refractivity contribution in [3.05, 3.63) is 34.6 Å². The molecule has 25 heavy (non-hydrogen) atoms. The smallest absolute Gasteiger partial charge is 0.206 e. The molecule has 3 rings (SSSR count). The van der Waals surface area contributed by atoms with E-state index >= 15 is 0 Å². The first-order valence-corrected chi connectivity index (χ1v) is 10.6. The first kappa shape index (κ1) is 18.1. The zero-order chi connectivity index (χ0) is 17.8. The van der Waals surface area contributed by atoms with Crippen molar-refractivity contribution in [2.75, 3.05) is 17.6 Å². The molecule has 0 spiro atoms. The second-order valence-corrected chi connectivity index (χ2v) is 8.52. The van der Waals surface area contributed by atoms with Gasteiger partial charge in [-0.05, 0) is 26.3 Å². The molecule has 0 aliphatic heterocycles. The number of carbonyl (C=O) groups is 1. The van der Waals surface area contributed by atoms with Gasteiger partial charge in [-0.15, -0.1) is 21.5 Å². The molecule has 132 valence electrons. The summed E-state index contributed by atoms with van der Waals surface area (Å²) in [5, 5.41) is 15.0. The van der Waals surface area contributed by atoms with Crippen LogP contribution in [0, 0.1) is 13.8 Å². The number of nitrogens with zero attached hydrogens (tertiary/aromatic N) is 4. The number of anilines is 1. The molecule has 0 unspecified atom stereocenters. The number of hydrogen-bond donors (Lipinski definition) is 1. The third-order valence-electron chi connectivity index (χ3n) is 3.60. The zero-order valence-corrected chi connectivity index (χ0v) is 16.7. The zero-order valence-electron chi connectivity index (χ0n) is 14.3. The number of thioether (sulfide) groups is 1. The minimum atomic E-state index is 0.0965. The molecule has 0 saturated carbocycles. The van der Waals surface area contributed by atoms with E-state index in [1.54, 1.807) is 17.5 Å². The third kappa shape index (κ3) is 4.10. The molecule has 0 aliphatic carbocycles. The molecule has 0 saturated heterocycles. The van der Waals surface area contributed by atoms with Crippen LogP contribution in [0.25, 0.3) is 5.13 Å². The Morgan fingerprint density at radius 3 is 2.92 bits per heavy atom. The molecule has 0 atom stereocenters. The monoisotopic (exact) mass is 393 g/mol. The fourth-order valence-corrected chi connectivity index (χ4v) is 4.85. The number of hydrogen-bond acceptors (Lipinski definition) is 8. The SMILES string of the molecule is CCCNc1nnc(SCC(=O)c2cc(C)n(-c3nccs3)c2C)s1. The topological polar surface area (TPSA) is 72.7 Å². The predicted molar refractivity (Wildman–Crippen MR) is 105 cm³/mol. The van der Waals surface area contributed by atoms with Gasteiger partial charge < -0.3 is 5.32 Å². The summed E-state index contributed by atoms with van der Waals surface area (Å²) in [5.74, 6) is 0.448. The molecule has 0 aromatic carbocycles. The minimum absolute atomic E-state index is 0.0965. The summed E-state index contributed by atoms with van der Waals surface area (Å²) in [6.07, 6.45) is 2.81. The summed E-state index contributed by atoms with van der Waals surface area (Å²) >= 11 is 4.48. The maximum Gasteiger partial charge on any atom is 0.206 e. The Morgan fingerprint density at radius 2 is 2.20 bits per heavy atom. The molecule has 0 aliphatic rings. The van der Waals surface area contributed by atoms with E-state index in [1.807, 2.05) is 29.9 Å². The number of Topliss-reactive ketones (excluding diaryl/α,β-unsaturated/α-hetero) is 1. The Kier molecular flexibility index (Phi) is 5.87. The number of aryl methyl sites for hydroxylation is 1. The number of rotatable bonds is 8. The Hall–Kier alpha value is -1.71. The van der Waals surface area contributed by atoms with E-state index in [4.69, 9.17) is 0 Å². The van der Waals surface area contributed by atoms with Crippen molar-refractivity contribution in [3.8, 4) is 5.13 Å². The van der Waals surface area contributed by atoms with Crippen molar-refractivity contribution in [2.45, 2.75) is 31.5 Å². The molecule has 3 aromatic heterocycles. The van der Waals surface area contributed by atoms with E-state index in [1.165, 1.54) is 23.1 Å². The molecule has 0 bridgehead atoms. The van der Waals surface area contributed by atoms with Crippen LogP contribution in [0.2, 0.25) is 0 Å². The van der Waals surface area contributed by atoms with E-state index in [0.717, 1.165) is 44.5 Å². The van der Waals surface area contributed by atoms with Crippen LogP contribution in [-0.4, -0.2) is 37.8 Å². The molecule has 0 radical (unpaired) electrons. The van der Waals surface area contributed by atoms with Gasteiger partial charge >= 0.3 is 0 Å². The summed E-state index contributed by atoms with van der Waals surface area (Å²) in [6.45, 7) is 6.93.